The maximum absolute atomic E-state index is 14.0. The molecule has 0 saturated heterocycles. The number of benzene rings is 3. The highest BCUT2D eigenvalue weighted by Crippen LogP contribution is 2.37. The van der Waals surface area contributed by atoms with E-state index in [9.17, 15) is 35.6 Å². The summed E-state index contributed by atoms with van der Waals surface area (Å²) in [5, 5.41) is 2.38. The van der Waals surface area contributed by atoms with E-state index >= 15 is 0 Å². The molecule has 0 heterocycles. The molecule has 1 atom stereocenters. The summed E-state index contributed by atoms with van der Waals surface area (Å²) in [7, 11) is -4.63. The van der Waals surface area contributed by atoms with Crippen LogP contribution >= 0.6 is 11.6 Å². The molecule has 7 nitrogen and oxygen atoms in total. The number of anilines is 1. The number of alkyl halides is 3. The van der Waals surface area contributed by atoms with Crippen LogP contribution in [0, 0.1) is 5.82 Å². The van der Waals surface area contributed by atoms with Crippen LogP contribution in [0.2, 0.25) is 5.02 Å². The van der Waals surface area contributed by atoms with Crippen LogP contribution in [0.15, 0.2) is 77.7 Å². The van der Waals surface area contributed by atoms with Crippen molar-refractivity contribution in [2.24, 2.45) is 0 Å². The summed E-state index contributed by atoms with van der Waals surface area (Å²) in [5.74, 6) is -1.93. The number of amides is 2. The average molecular weight is 628 g/mol. The molecule has 0 radical (unpaired) electrons. The van der Waals surface area contributed by atoms with Gasteiger partial charge in [-0.2, -0.15) is 13.2 Å². The highest BCUT2D eigenvalue weighted by Gasteiger charge is 2.37. The second kappa shape index (κ2) is 13.6. The maximum atomic E-state index is 14.0. The number of rotatable bonds is 11. The summed E-state index contributed by atoms with van der Waals surface area (Å²) in [4.78, 5) is 27.9. The van der Waals surface area contributed by atoms with Crippen LogP contribution in [0.3, 0.4) is 0 Å². The lowest BCUT2D eigenvalue weighted by molar-refractivity contribution is -0.140. The van der Waals surface area contributed by atoms with Gasteiger partial charge < -0.3 is 10.2 Å². The number of halogens is 5. The molecule has 0 aliphatic carbocycles. The Morgan fingerprint density at radius 2 is 1.60 bits per heavy atom. The topological polar surface area (TPSA) is 86.8 Å². The van der Waals surface area contributed by atoms with E-state index in [1.165, 1.54) is 48.5 Å². The quantitative estimate of drug-likeness (QED) is 0.263. The van der Waals surface area contributed by atoms with Crippen LogP contribution in [0.4, 0.5) is 23.2 Å². The summed E-state index contributed by atoms with van der Waals surface area (Å²) in [6.45, 7) is 3.91. The van der Waals surface area contributed by atoms with Crippen LogP contribution in [0.5, 0.6) is 0 Å². The van der Waals surface area contributed by atoms with Gasteiger partial charge in [-0.25, -0.2) is 12.8 Å². The molecule has 3 rings (SSSR count). The molecule has 1 N–H and O–H groups in total. The summed E-state index contributed by atoms with van der Waals surface area (Å²) >= 11 is 6.24. The molecular weight excluding hydrogens is 598 g/mol. The first kappa shape index (κ1) is 32.9. The highest BCUT2D eigenvalue weighted by molar-refractivity contribution is 7.92. The van der Waals surface area contributed by atoms with Crippen molar-refractivity contribution >= 4 is 39.1 Å². The Balaban J connectivity index is 2.15. The Bertz CT molecular complexity index is 1500. The van der Waals surface area contributed by atoms with Crippen molar-refractivity contribution in [3.05, 3.63) is 94.8 Å². The smallest absolute Gasteiger partial charge is 0.352 e. The zero-order valence-corrected chi connectivity index (χ0v) is 24.6. The van der Waals surface area contributed by atoms with Gasteiger partial charge >= 0.3 is 6.18 Å². The number of carbonyl (C=O) groups is 2. The highest BCUT2D eigenvalue weighted by atomic mass is 35.5. The molecule has 3 aromatic rings. The predicted octanol–water partition coefficient (Wildman–Crippen LogP) is 6.03. The molecule has 0 aliphatic heterocycles. The Morgan fingerprint density at radius 1 is 0.976 bits per heavy atom. The maximum Gasteiger partial charge on any atom is 0.416 e. The van der Waals surface area contributed by atoms with Crippen molar-refractivity contribution in [2.75, 3.05) is 10.8 Å². The van der Waals surface area contributed by atoms with Crippen LogP contribution in [0.1, 0.15) is 38.3 Å². The fourth-order valence-electron chi connectivity index (χ4n) is 4.20. The minimum absolute atomic E-state index is 0.126. The predicted molar refractivity (Wildman–Crippen MR) is 152 cm³/mol. The number of hydrogen-bond donors (Lipinski definition) is 1. The van der Waals surface area contributed by atoms with E-state index in [1.54, 1.807) is 26.8 Å². The fourth-order valence-corrected chi connectivity index (χ4v) is 5.92. The number of nitrogens with zero attached hydrogens (tertiary/aromatic N) is 2. The minimum Gasteiger partial charge on any atom is -0.352 e. The molecule has 0 bridgehead atoms. The van der Waals surface area contributed by atoms with Crippen LogP contribution in [-0.4, -0.2) is 43.8 Å². The van der Waals surface area contributed by atoms with Crippen molar-refractivity contribution in [3.63, 3.8) is 0 Å². The number of sulfonamides is 1. The van der Waals surface area contributed by atoms with E-state index in [4.69, 9.17) is 11.6 Å². The fraction of sp³-hybridized carbons (Fsp3) is 0.310. The molecule has 2 amide bonds. The molecule has 0 aromatic heterocycles. The standard InChI is InChI=1S/C29H30ClF4N3O4S/c1-4-25(28(39)35-19(2)3)36(17-20-10-13-22(31)14-11-20)27(38)18-37(42(40,41)23-8-6-5-7-9-23)26-16-21(29(32,33)34)12-15-24(26)30/h5-16,19,25H,4,17-18H2,1-3H3,(H,35,39)/t25-/m0/s1. The van der Waals surface area contributed by atoms with E-state index in [-0.39, 0.29) is 28.9 Å². The lowest BCUT2D eigenvalue weighted by atomic mass is 10.1. The molecule has 0 unspecified atom stereocenters. The van der Waals surface area contributed by atoms with Crippen LogP contribution in [0.25, 0.3) is 0 Å². The van der Waals surface area contributed by atoms with Crippen molar-refractivity contribution in [1.29, 1.82) is 0 Å². The van der Waals surface area contributed by atoms with E-state index < -0.39 is 57.7 Å². The molecular formula is C29H30ClF4N3O4S. The first-order valence-electron chi connectivity index (χ1n) is 12.9. The number of hydrogen-bond acceptors (Lipinski definition) is 4. The molecule has 3 aromatic carbocycles. The van der Waals surface area contributed by atoms with Gasteiger partial charge in [-0.05, 0) is 68.3 Å². The Morgan fingerprint density at radius 3 is 2.14 bits per heavy atom. The molecule has 226 valence electrons. The lowest BCUT2D eigenvalue weighted by Gasteiger charge is -2.34. The lowest BCUT2D eigenvalue weighted by Crippen LogP contribution is -2.53. The second-order valence-corrected chi connectivity index (χ2v) is 12.0. The SMILES string of the molecule is CC[C@@H](C(=O)NC(C)C)N(Cc1ccc(F)cc1)C(=O)CN(c1cc(C(F)(F)F)ccc1Cl)S(=O)(=O)c1ccccc1. The van der Waals surface area contributed by atoms with Crippen LogP contribution in [-0.2, 0) is 32.3 Å². The Hall–Kier alpha value is -3.64. The van der Waals surface area contributed by atoms with Crippen molar-refractivity contribution in [3.8, 4) is 0 Å². The van der Waals surface area contributed by atoms with Gasteiger partial charge in [-0.15, -0.1) is 0 Å². The van der Waals surface area contributed by atoms with Crippen molar-refractivity contribution in [2.45, 2.75) is 56.9 Å². The minimum atomic E-state index is -4.83. The van der Waals surface area contributed by atoms with Gasteiger partial charge in [0.25, 0.3) is 10.0 Å². The van der Waals surface area contributed by atoms with Crippen molar-refractivity contribution < 1.29 is 35.6 Å². The normalized spacial score (nSPS) is 12.6. The first-order valence-corrected chi connectivity index (χ1v) is 14.8. The van der Waals surface area contributed by atoms with Gasteiger partial charge in [-0.3, -0.25) is 13.9 Å². The summed E-state index contributed by atoms with van der Waals surface area (Å²) < 4.78 is 82.6. The van der Waals surface area contributed by atoms with Gasteiger partial charge in [0.05, 0.1) is 21.2 Å². The number of carbonyl (C=O) groups excluding carboxylic acids is 2. The van der Waals surface area contributed by atoms with Gasteiger partial charge in [0.1, 0.15) is 18.4 Å². The van der Waals surface area contributed by atoms with E-state index in [2.05, 4.69) is 5.32 Å². The first-order chi connectivity index (χ1) is 19.6. The monoisotopic (exact) mass is 627 g/mol. The zero-order valence-electron chi connectivity index (χ0n) is 23.0. The second-order valence-electron chi connectivity index (χ2n) is 9.72. The van der Waals surface area contributed by atoms with Gasteiger partial charge in [0.2, 0.25) is 11.8 Å². The Kier molecular flexibility index (Phi) is 10.6. The Labute approximate surface area is 247 Å². The summed E-state index contributed by atoms with van der Waals surface area (Å²) in [5.41, 5.74) is -1.30. The summed E-state index contributed by atoms with van der Waals surface area (Å²) in [6, 6.07) is 12.8. The third-order valence-corrected chi connectivity index (χ3v) is 8.33. The number of nitrogens with one attached hydrogen (secondary N) is 1. The molecule has 13 heteroatoms. The third kappa shape index (κ3) is 8.01. The van der Waals surface area contributed by atoms with Gasteiger partial charge in [0, 0.05) is 12.6 Å². The van der Waals surface area contributed by atoms with E-state index in [0.717, 1.165) is 11.0 Å². The molecule has 0 aliphatic rings. The largest absolute Gasteiger partial charge is 0.416 e. The zero-order chi connectivity index (χ0) is 31.2. The average Bonchev–Trinajstić information content (AvgIpc) is 2.92. The van der Waals surface area contributed by atoms with E-state index in [0.29, 0.717) is 22.0 Å². The molecule has 0 spiro atoms. The molecule has 0 fully saturated rings. The van der Waals surface area contributed by atoms with Crippen LogP contribution < -0.4 is 9.62 Å². The summed E-state index contributed by atoms with van der Waals surface area (Å²) in [6.07, 6.45) is -4.70. The van der Waals surface area contributed by atoms with Crippen molar-refractivity contribution in [1.82, 2.24) is 10.2 Å². The van der Waals surface area contributed by atoms with Gasteiger partial charge in [-0.1, -0.05) is 48.9 Å². The molecule has 42 heavy (non-hydrogen) atoms. The van der Waals surface area contributed by atoms with Gasteiger partial charge in [0.15, 0.2) is 0 Å². The molecule has 0 saturated carbocycles. The van der Waals surface area contributed by atoms with E-state index in [1.807, 2.05) is 0 Å². The third-order valence-electron chi connectivity index (χ3n) is 6.24.